The summed E-state index contributed by atoms with van der Waals surface area (Å²) < 4.78 is 0. The first kappa shape index (κ1) is 23.5. The van der Waals surface area contributed by atoms with Gasteiger partial charge in [0.1, 0.15) is 5.82 Å². The zero-order valence-corrected chi connectivity index (χ0v) is 20.9. The summed E-state index contributed by atoms with van der Waals surface area (Å²) in [6.45, 7) is 4.58. The molecule has 2 fully saturated rings. The number of aliphatic hydroxyl groups excluding tert-OH is 1. The molecule has 0 saturated carbocycles. The van der Waals surface area contributed by atoms with Crippen molar-refractivity contribution in [2.24, 2.45) is 4.99 Å². The summed E-state index contributed by atoms with van der Waals surface area (Å²) in [4.78, 5) is 27.6. The second kappa shape index (κ2) is 9.87. The maximum atomic E-state index is 13.3. The number of hydrogen-bond donors (Lipinski definition) is 3. The largest absolute Gasteiger partial charge is 0.387 e. The van der Waals surface area contributed by atoms with Crippen molar-refractivity contribution in [1.29, 1.82) is 0 Å². The second-order valence-electron chi connectivity index (χ2n) is 9.77. The number of allylic oxidation sites excluding steroid dienone is 1. The van der Waals surface area contributed by atoms with Gasteiger partial charge in [-0.05, 0) is 56.3 Å². The van der Waals surface area contributed by atoms with Crippen molar-refractivity contribution in [3.8, 4) is 0 Å². The van der Waals surface area contributed by atoms with Crippen LogP contribution in [0.1, 0.15) is 24.6 Å². The summed E-state index contributed by atoms with van der Waals surface area (Å²) in [5, 5.41) is 20.6. The van der Waals surface area contributed by atoms with Gasteiger partial charge in [-0.25, -0.2) is 20.0 Å². The molecule has 3 N–H and O–H groups in total. The van der Waals surface area contributed by atoms with E-state index in [1.165, 1.54) is 5.69 Å². The number of anilines is 3. The Balaban J connectivity index is 1.25. The van der Waals surface area contributed by atoms with Crippen LogP contribution in [0.4, 0.5) is 17.2 Å². The van der Waals surface area contributed by atoms with Gasteiger partial charge < -0.3 is 25.5 Å². The molecule has 4 aliphatic heterocycles. The zero-order chi connectivity index (χ0) is 25.4. The summed E-state index contributed by atoms with van der Waals surface area (Å²) in [5.74, 6) is 1.01. The third-order valence-corrected chi connectivity index (χ3v) is 7.25. The van der Waals surface area contributed by atoms with E-state index in [0.717, 1.165) is 31.9 Å². The van der Waals surface area contributed by atoms with Crippen molar-refractivity contribution >= 4 is 29.1 Å². The van der Waals surface area contributed by atoms with Crippen LogP contribution in [0.3, 0.4) is 0 Å². The molecule has 5 heterocycles. The number of aliphatic hydroxyl groups is 1. The lowest BCUT2D eigenvalue weighted by atomic mass is 10.1. The number of carbonyl (C=O) groups excluding carboxylic acids is 1. The number of rotatable bonds is 2. The molecule has 2 unspecified atom stereocenters. The number of amides is 1. The van der Waals surface area contributed by atoms with E-state index in [2.05, 4.69) is 39.6 Å². The van der Waals surface area contributed by atoms with Crippen LogP contribution >= 0.6 is 0 Å². The third kappa shape index (κ3) is 4.65. The molecular formula is C27H32N8O2. The first-order valence-corrected chi connectivity index (χ1v) is 12.8. The van der Waals surface area contributed by atoms with Crippen molar-refractivity contribution in [2.75, 3.05) is 55.0 Å². The van der Waals surface area contributed by atoms with Gasteiger partial charge in [-0.15, -0.1) is 0 Å². The molecule has 1 amide bonds. The highest BCUT2D eigenvalue weighted by molar-refractivity contribution is 6.04. The minimum absolute atomic E-state index is 0.117. The van der Waals surface area contributed by atoms with Crippen LogP contribution in [0.5, 0.6) is 0 Å². The number of hydrogen-bond acceptors (Lipinski definition) is 9. The fraction of sp³-hybridized carbons (Fsp3) is 0.370. The number of aliphatic imine (C=N–C) groups is 1. The van der Waals surface area contributed by atoms with Crippen molar-refractivity contribution in [3.05, 3.63) is 72.1 Å². The molecule has 0 aliphatic carbocycles. The summed E-state index contributed by atoms with van der Waals surface area (Å²) in [5.41, 5.74) is 3.26. The average Bonchev–Trinajstić information content (AvgIpc) is 3.19. The van der Waals surface area contributed by atoms with E-state index >= 15 is 0 Å². The highest BCUT2D eigenvalue weighted by atomic mass is 16.3. The molecule has 0 radical (unpaired) electrons. The van der Waals surface area contributed by atoms with Crippen LogP contribution in [0.2, 0.25) is 0 Å². The summed E-state index contributed by atoms with van der Waals surface area (Å²) in [6.07, 6.45) is 5.76. The van der Waals surface area contributed by atoms with Crippen molar-refractivity contribution in [3.63, 3.8) is 0 Å². The third-order valence-electron chi connectivity index (χ3n) is 7.25. The molecule has 2 aromatic rings. The Bertz CT molecular complexity index is 1250. The number of fused-ring (bicyclic) bond motifs is 6. The van der Waals surface area contributed by atoms with Crippen LogP contribution in [0, 0.1) is 0 Å². The highest BCUT2D eigenvalue weighted by Gasteiger charge is 2.44. The highest BCUT2D eigenvalue weighted by Crippen LogP contribution is 2.33. The molecule has 1 aromatic heterocycles. The zero-order valence-electron chi connectivity index (χ0n) is 20.9. The second-order valence-corrected chi connectivity index (χ2v) is 9.77. The van der Waals surface area contributed by atoms with E-state index < -0.39 is 12.3 Å². The quantitative estimate of drug-likeness (QED) is 0.539. The Morgan fingerprint density at radius 3 is 2.68 bits per heavy atom. The molecular weight excluding hydrogens is 468 g/mol. The van der Waals surface area contributed by atoms with E-state index in [-0.39, 0.29) is 5.91 Å². The molecule has 37 heavy (non-hydrogen) atoms. The van der Waals surface area contributed by atoms with Crippen LogP contribution < -0.4 is 20.5 Å². The predicted octanol–water partition coefficient (Wildman–Crippen LogP) is 2.06. The normalized spacial score (nSPS) is 24.8. The average molecular weight is 501 g/mol. The van der Waals surface area contributed by atoms with Crippen LogP contribution in [0.15, 0.2) is 71.4 Å². The van der Waals surface area contributed by atoms with E-state index in [1.807, 2.05) is 47.5 Å². The SMILES string of the molecule is CN1CCN(c2ccc(NC3=NC4C(=CN3)C(=O)N3C/C=C\CCC(O)c5cccc(n5)N43)cc2)CC1. The minimum Gasteiger partial charge on any atom is -0.387 e. The Morgan fingerprint density at radius 1 is 1.05 bits per heavy atom. The number of guanidine groups is 1. The van der Waals surface area contributed by atoms with Gasteiger partial charge in [-0.1, -0.05) is 18.2 Å². The van der Waals surface area contributed by atoms with Crippen LogP contribution in [-0.4, -0.2) is 77.8 Å². The fourth-order valence-electron chi connectivity index (χ4n) is 5.08. The smallest absolute Gasteiger partial charge is 0.274 e. The Hall–Kier alpha value is -3.89. The van der Waals surface area contributed by atoms with Gasteiger partial charge in [0.2, 0.25) is 5.96 Å². The number of nitrogens with one attached hydrogen (secondary N) is 2. The van der Waals surface area contributed by atoms with Crippen molar-refractivity contribution in [2.45, 2.75) is 25.1 Å². The Morgan fingerprint density at radius 2 is 1.86 bits per heavy atom. The van der Waals surface area contributed by atoms with Gasteiger partial charge in [0.25, 0.3) is 5.91 Å². The predicted molar refractivity (Wildman–Crippen MR) is 144 cm³/mol. The first-order chi connectivity index (χ1) is 18.1. The maximum Gasteiger partial charge on any atom is 0.274 e. The number of likely N-dealkylation sites (N-methyl/N-ethyl adjacent to an activating group) is 1. The summed E-state index contributed by atoms with van der Waals surface area (Å²) in [7, 11) is 2.16. The van der Waals surface area contributed by atoms with E-state index in [4.69, 9.17) is 9.98 Å². The molecule has 2 bridgehead atoms. The number of nitrogens with zero attached hydrogens (tertiary/aromatic N) is 6. The Kier molecular flexibility index (Phi) is 6.27. The lowest BCUT2D eigenvalue weighted by molar-refractivity contribution is -0.124. The van der Waals surface area contributed by atoms with E-state index in [9.17, 15) is 9.90 Å². The molecule has 2 atom stereocenters. The molecule has 4 aliphatic rings. The maximum absolute atomic E-state index is 13.3. The van der Waals surface area contributed by atoms with Gasteiger partial charge in [0.15, 0.2) is 6.17 Å². The fourth-order valence-corrected chi connectivity index (χ4v) is 5.08. The van der Waals surface area contributed by atoms with Gasteiger partial charge in [-0.3, -0.25) is 4.79 Å². The minimum atomic E-state index is -0.660. The lowest BCUT2D eigenvalue weighted by Crippen LogP contribution is -2.44. The topological polar surface area (TPSA) is 99.6 Å². The molecule has 6 rings (SSSR count). The van der Waals surface area contributed by atoms with Gasteiger partial charge in [0, 0.05) is 43.8 Å². The molecule has 10 heteroatoms. The van der Waals surface area contributed by atoms with E-state index in [1.54, 1.807) is 11.2 Å². The first-order valence-electron chi connectivity index (χ1n) is 12.8. The van der Waals surface area contributed by atoms with Crippen LogP contribution in [-0.2, 0) is 4.79 Å². The summed E-state index contributed by atoms with van der Waals surface area (Å²) in [6, 6.07) is 13.9. The number of benzene rings is 1. The number of carbonyl (C=O) groups is 1. The molecule has 0 spiro atoms. The summed E-state index contributed by atoms with van der Waals surface area (Å²) >= 11 is 0. The monoisotopic (exact) mass is 500 g/mol. The van der Waals surface area contributed by atoms with E-state index in [0.29, 0.717) is 42.4 Å². The van der Waals surface area contributed by atoms with Gasteiger partial charge in [0.05, 0.1) is 23.9 Å². The van der Waals surface area contributed by atoms with Gasteiger partial charge in [-0.2, -0.15) is 0 Å². The van der Waals surface area contributed by atoms with Crippen LogP contribution in [0.25, 0.3) is 0 Å². The molecule has 10 nitrogen and oxygen atoms in total. The number of hydrazine groups is 1. The standard InChI is InChI=1S/C27H32N8O2/c1-32-14-16-33(17-15-32)20-11-9-19(10-12-20)29-27-28-18-21-25(31-27)35-24-8-5-6-22(30-24)23(36)7-3-2-4-13-34(35)26(21)37/h2,4-6,8-12,18,23,25,36H,3,7,13-17H2,1H3,(H2,28,29,31)/b4-2-. The van der Waals surface area contributed by atoms with Crippen molar-refractivity contribution in [1.82, 2.24) is 20.2 Å². The molecule has 1 aromatic carbocycles. The Labute approximate surface area is 216 Å². The number of aromatic nitrogens is 1. The molecule has 192 valence electrons. The van der Waals surface area contributed by atoms with Gasteiger partial charge >= 0.3 is 0 Å². The van der Waals surface area contributed by atoms with Crippen molar-refractivity contribution < 1.29 is 9.90 Å². The molecule has 2 saturated heterocycles. The number of piperazine rings is 1. The lowest BCUT2D eigenvalue weighted by Gasteiger charge is -2.34. The number of pyridine rings is 1.